The summed E-state index contributed by atoms with van der Waals surface area (Å²) >= 11 is 3.25. The molecule has 0 saturated heterocycles. The molecule has 0 unspecified atom stereocenters. The van der Waals surface area contributed by atoms with Crippen LogP contribution >= 0.6 is 15.9 Å². The van der Waals surface area contributed by atoms with Gasteiger partial charge in [-0.2, -0.15) is 0 Å². The van der Waals surface area contributed by atoms with Crippen LogP contribution in [0, 0.1) is 0 Å². The van der Waals surface area contributed by atoms with E-state index in [1.54, 1.807) is 61.2 Å². The zero-order valence-electron chi connectivity index (χ0n) is 36.7. The topological polar surface area (TPSA) is 160 Å². The fraction of sp³-hybridized carbons (Fsp3) is 0. The number of para-hydroxylation sites is 4. The number of halogens is 1. The second kappa shape index (κ2) is 22.0. The predicted octanol–water partition coefficient (Wildman–Crippen LogP) is 10.5. The molecule has 0 aliphatic carbocycles. The van der Waals surface area contributed by atoms with Gasteiger partial charge >= 0.3 is 14.8 Å². The van der Waals surface area contributed by atoms with E-state index in [2.05, 4.69) is 91.5 Å². The van der Waals surface area contributed by atoms with E-state index in [-0.39, 0.29) is 0 Å². The number of rotatable bonds is 9. The average Bonchev–Trinajstić information content (AvgIpc) is 3.42. The Hall–Kier alpha value is -8.26. The maximum Gasteiger partial charge on any atom is 0.569 e. The monoisotopic (exact) mass is 962 g/mol. The molecule has 0 spiro atoms. The molecule has 11 nitrogen and oxygen atoms in total. The van der Waals surface area contributed by atoms with Gasteiger partial charge in [-0.1, -0.05) is 109 Å². The van der Waals surface area contributed by atoms with Crippen molar-refractivity contribution in [2.45, 2.75) is 0 Å². The number of fused-ring (bicyclic) bond motifs is 2. The molecule has 11 rings (SSSR count). The Balaban J connectivity index is 0.000000153. The maximum atomic E-state index is 9.32. The van der Waals surface area contributed by atoms with Gasteiger partial charge in [0.25, 0.3) is 0 Å². The molecular formula is C55H39B2BrN7O4. The molecule has 0 aliphatic heterocycles. The zero-order chi connectivity index (χ0) is 47.4. The van der Waals surface area contributed by atoms with Crippen molar-refractivity contribution in [3.8, 4) is 73.0 Å². The van der Waals surface area contributed by atoms with Crippen LogP contribution in [-0.2, 0) is 0 Å². The molecule has 6 aromatic carbocycles. The van der Waals surface area contributed by atoms with Crippen LogP contribution in [-0.4, -0.2) is 64.8 Å². The van der Waals surface area contributed by atoms with Gasteiger partial charge in [0.15, 0.2) is 0 Å². The summed E-state index contributed by atoms with van der Waals surface area (Å²) in [6.07, 6.45) is 10.8. The first-order chi connectivity index (χ1) is 33.9. The van der Waals surface area contributed by atoms with Gasteiger partial charge in [0.05, 0.1) is 44.8 Å². The lowest BCUT2D eigenvalue weighted by atomic mass is 9.80. The van der Waals surface area contributed by atoms with E-state index in [0.717, 1.165) is 82.4 Å². The summed E-state index contributed by atoms with van der Waals surface area (Å²) in [7, 11) is -0.889. The van der Waals surface area contributed by atoms with Crippen molar-refractivity contribution in [1.29, 1.82) is 0 Å². The van der Waals surface area contributed by atoms with Crippen LogP contribution in [0.15, 0.2) is 224 Å². The van der Waals surface area contributed by atoms with Crippen LogP contribution in [0.25, 0.3) is 89.4 Å². The number of nitrogens with zero attached hydrogens (tertiary/aromatic N) is 7. The van der Waals surface area contributed by atoms with Crippen LogP contribution < -0.4 is 10.1 Å². The minimum absolute atomic E-state index is 0.404. The number of hydrogen-bond acceptors (Lipinski definition) is 11. The van der Waals surface area contributed by atoms with Gasteiger partial charge in [-0.3, -0.25) is 15.0 Å². The fourth-order valence-electron chi connectivity index (χ4n) is 7.42. The third-order valence-electron chi connectivity index (χ3n) is 10.9. The van der Waals surface area contributed by atoms with Crippen LogP contribution in [0.5, 0.6) is 5.75 Å². The first kappa shape index (κ1) is 45.9. The minimum Gasteiger partial charge on any atom is -0.537 e. The lowest BCUT2D eigenvalue weighted by Gasteiger charge is -2.12. The van der Waals surface area contributed by atoms with Crippen molar-refractivity contribution in [3.05, 3.63) is 224 Å². The summed E-state index contributed by atoms with van der Waals surface area (Å²) in [5.41, 5.74) is 14.9. The van der Waals surface area contributed by atoms with Crippen molar-refractivity contribution in [2.24, 2.45) is 0 Å². The smallest absolute Gasteiger partial charge is 0.537 e. The highest BCUT2D eigenvalue weighted by Gasteiger charge is 2.17. The molecule has 69 heavy (non-hydrogen) atoms. The van der Waals surface area contributed by atoms with E-state index in [9.17, 15) is 10.0 Å². The summed E-state index contributed by atoms with van der Waals surface area (Å²) in [5.74, 6) is 0.503. The van der Waals surface area contributed by atoms with Gasteiger partial charge in [-0.25, -0.2) is 19.9 Å². The molecule has 0 fully saturated rings. The second-order valence-electron chi connectivity index (χ2n) is 15.4. The van der Waals surface area contributed by atoms with Gasteiger partial charge in [-0.05, 0) is 116 Å². The molecule has 11 aromatic rings. The standard InChI is InChI=1S/C30H20N4.C20H15B2N2O4.C5H4BrN/c1-2-8-28-27(7-1)33-29(23-13-9-21(10-14-23)25-5-3-17-31-19-25)30(34-28)24-15-11-22(12-16-24)26-6-4-18-32-20-26;25-21-28-16-11-7-14(8-12-16)20-19(13-5-9-15(10-6-13)22(26)27)23-17-3-1-2-4-18(17)24-20;6-5-2-1-3-7-4-5/h1-20H;1-12,25-27H;1-4H. The second-order valence-corrected chi connectivity index (χ2v) is 16.3. The molecule has 0 aliphatic rings. The van der Waals surface area contributed by atoms with Crippen LogP contribution in [0.3, 0.4) is 0 Å². The lowest BCUT2D eigenvalue weighted by Crippen LogP contribution is -2.29. The van der Waals surface area contributed by atoms with E-state index in [1.165, 1.54) is 0 Å². The molecule has 0 amide bonds. The fourth-order valence-corrected chi connectivity index (χ4v) is 7.69. The van der Waals surface area contributed by atoms with E-state index in [4.69, 9.17) is 29.6 Å². The molecule has 14 heteroatoms. The average molecular weight is 963 g/mol. The highest BCUT2D eigenvalue weighted by molar-refractivity contribution is 9.10. The van der Waals surface area contributed by atoms with Crippen molar-refractivity contribution in [2.75, 3.05) is 0 Å². The Morgan fingerprint density at radius 2 is 0.725 bits per heavy atom. The number of benzene rings is 6. The molecule has 3 N–H and O–H groups in total. The first-order valence-electron chi connectivity index (χ1n) is 21.7. The number of hydrogen-bond donors (Lipinski definition) is 3. The molecule has 5 heterocycles. The summed E-state index contributed by atoms with van der Waals surface area (Å²) in [5, 5.41) is 27.4. The Morgan fingerprint density at radius 3 is 1.03 bits per heavy atom. The maximum absolute atomic E-state index is 9.32. The SMILES string of the molecule is Brc1cccnc1.O[B]Oc1ccc(-c2nc3ccccc3nc2-c2ccc(B(O)O)cc2)cc1.c1cncc(-c2ccc(-c3nc4ccccc4nc3-c3ccc(-c4cccnc4)cc3)cc2)c1. The Morgan fingerprint density at radius 1 is 0.377 bits per heavy atom. The Kier molecular flexibility index (Phi) is 14.6. The van der Waals surface area contributed by atoms with E-state index < -0.39 is 7.12 Å². The van der Waals surface area contributed by atoms with Crippen molar-refractivity contribution in [3.63, 3.8) is 0 Å². The quantitative estimate of drug-likeness (QED) is 0.118. The predicted molar refractivity (Wildman–Crippen MR) is 278 cm³/mol. The Labute approximate surface area is 407 Å². The highest BCUT2D eigenvalue weighted by atomic mass is 79.9. The molecule has 5 aromatic heterocycles. The van der Waals surface area contributed by atoms with Gasteiger partial charge in [0.1, 0.15) is 5.75 Å². The summed E-state index contributed by atoms with van der Waals surface area (Å²) < 4.78 is 5.99. The molecular weight excluding hydrogens is 924 g/mol. The van der Waals surface area contributed by atoms with E-state index >= 15 is 0 Å². The Bertz CT molecular complexity index is 3300. The summed E-state index contributed by atoms with van der Waals surface area (Å²) in [4.78, 5) is 31.9. The van der Waals surface area contributed by atoms with Gasteiger partial charge in [-0.15, -0.1) is 0 Å². The molecule has 331 valence electrons. The van der Waals surface area contributed by atoms with Gasteiger partial charge in [0, 0.05) is 63.9 Å². The van der Waals surface area contributed by atoms with Crippen molar-refractivity contribution < 1.29 is 19.7 Å². The minimum atomic E-state index is -1.52. The normalized spacial score (nSPS) is 10.6. The van der Waals surface area contributed by atoms with Gasteiger partial charge in [0.2, 0.25) is 0 Å². The molecule has 0 bridgehead atoms. The zero-order valence-corrected chi connectivity index (χ0v) is 38.3. The molecule has 0 atom stereocenters. The third kappa shape index (κ3) is 11.3. The largest absolute Gasteiger partial charge is 0.569 e. The molecule has 0 saturated carbocycles. The third-order valence-corrected chi connectivity index (χ3v) is 11.3. The van der Waals surface area contributed by atoms with E-state index in [0.29, 0.717) is 30.3 Å². The van der Waals surface area contributed by atoms with Crippen LogP contribution in [0.2, 0.25) is 0 Å². The van der Waals surface area contributed by atoms with Crippen molar-refractivity contribution in [1.82, 2.24) is 34.9 Å². The van der Waals surface area contributed by atoms with Crippen LogP contribution in [0.1, 0.15) is 0 Å². The van der Waals surface area contributed by atoms with Gasteiger partial charge < -0.3 is 19.7 Å². The highest BCUT2D eigenvalue weighted by Crippen LogP contribution is 2.34. The molecule has 1 radical (unpaired) electrons. The number of pyridine rings is 3. The van der Waals surface area contributed by atoms with Crippen LogP contribution in [0.4, 0.5) is 0 Å². The summed E-state index contributed by atoms with van der Waals surface area (Å²) in [6.45, 7) is 0. The number of aromatic nitrogens is 7. The van der Waals surface area contributed by atoms with Crippen molar-refractivity contribution >= 4 is 58.3 Å². The van der Waals surface area contributed by atoms with E-state index in [1.807, 2.05) is 97.3 Å². The lowest BCUT2D eigenvalue weighted by molar-refractivity contribution is 0.425. The summed E-state index contributed by atoms with van der Waals surface area (Å²) in [6, 6.07) is 58.3. The first-order valence-corrected chi connectivity index (χ1v) is 22.5.